The fourth-order valence-electron chi connectivity index (χ4n) is 2.35. The van der Waals surface area contributed by atoms with Gasteiger partial charge in [-0.1, -0.05) is 0 Å². The maximum absolute atomic E-state index is 5.97. The molecule has 1 aliphatic rings. The zero-order valence-corrected chi connectivity index (χ0v) is 12.8. The molecule has 0 amide bonds. The minimum Gasteiger partial charge on any atom is -0.372 e. The minimum absolute atomic E-state index is 0.248. The molecular formula is C15H18N4OS. The smallest absolute Gasteiger partial charge is 0.148 e. The average Bonchev–Trinajstić information content (AvgIpc) is 3.03. The number of pyridine rings is 1. The van der Waals surface area contributed by atoms with E-state index in [-0.39, 0.29) is 6.10 Å². The summed E-state index contributed by atoms with van der Waals surface area (Å²) in [6.07, 6.45) is 10.5. The Bertz CT molecular complexity index is 581. The van der Waals surface area contributed by atoms with Crippen molar-refractivity contribution < 1.29 is 4.74 Å². The Kier molecular flexibility index (Phi) is 4.67. The van der Waals surface area contributed by atoms with Gasteiger partial charge in [-0.25, -0.2) is 4.98 Å². The maximum Gasteiger partial charge on any atom is 0.148 e. The van der Waals surface area contributed by atoms with Crippen LogP contribution in [0.5, 0.6) is 0 Å². The quantitative estimate of drug-likeness (QED) is 0.791. The standard InChI is InChI=1S/C15H18N4OS/c1-21-15-9-17-8-14(18-15)19-7-4-13(10-19)20-11-12-2-5-16-6-3-12/h2-3,5-6,8-9,13H,4,7,10-11H2,1H3. The van der Waals surface area contributed by atoms with E-state index in [0.29, 0.717) is 6.61 Å². The van der Waals surface area contributed by atoms with Crippen LogP contribution in [0.3, 0.4) is 0 Å². The van der Waals surface area contributed by atoms with Gasteiger partial charge in [0.05, 0.1) is 25.1 Å². The van der Waals surface area contributed by atoms with E-state index in [1.807, 2.05) is 24.6 Å². The van der Waals surface area contributed by atoms with Crippen LogP contribution < -0.4 is 4.90 Å². The van der Waals surface area contributed by atoms with E-state index in [0.717, 1.165) is 35.9 Å². The summed E-state index contributed by atoms with van der Waals surface area (Å²) in [6, 6.07) is 3.97. The van der Waals surface area contributed by atoms with Crippen molar-refractivity contribution in [1.82, 2.24) is 15.0 Å². The van der Waals surface area contributed by atoms with Gasteiger partial charge < -0.3 is 9.64 Å². The Morgan fingerprint density at radius 2 is 2.14 bits per heavy atom. The topological polar surface area (TPSA) is 51.1 Å². The second-order valence-corrected chi connectivity index (χ2v) is 5.77. The summed E-state index contributed by atoms with van der Waals surface area (Å²) in [6.45, 7) is 2.47. The molecule has 1 saturated heterocycles. The highest BCUT2D eigenvalue weighted by Gasteiger charge is 2.24. The van der Waals surface area contributed by atoms with Crippen molar-refractivity contribution in [3.05, 3.63) is 42.5 Å². The Hall–Kier alpha value is -1.66. The van der Waals surface area contributed by atoms with E-state index in [1.165, 1.54) is 0 Å². The van der Waals surface area contributed by atoms with Gasteiger partial charge in [0, 0.05) is 25.5 Å². The van der Waals surface area contributed by atoms with Crippen molar-refractivity contribution in [2.24, 2.45) is 0 Å². The highest BCUT2D eigenvalue weighted by atomic mass is 32.2. The fraction of sp³-hybridized carbons (Fsp3) is 0.400. The molecule has 0 bridgehead atoms. The normalized spacial score (nSPS) is 18.1. The van der Waals surface area contributed by atoms with E-state index >= 15 is 0 Å². The van der Waals surface area contributed by atoms with Gasteiger partial charge in [-0.05, 0) is 30.4 Å². The lowest BCUT2D eigenvalue weighted by atomic mass is 10.3. The predicted molar refractivity (Wildman–Crippen MR) is 83.5 cm³/mol. The molecule has 1 unspecified atom stereocenters. The molecule has 1 atom stereocenters. The summed E-state index contributed by atoms with van der Waals surface area (Å²) in [5, 5.41) is 0.952. The van der Waals surface area contributed by atoms with Crippen LogP contribution in [0.4, 0.5) is 5.82 Å². The second kappa shape index (κ2) is 6.87. The number of aromatic nitrogens is 3. The average molecular weight is 302 g/mol. The van der Waals surface area contributed by atoms with Gasteiger partial charge in [0.1, 0.15) is 10.8 Å². The number of hydrogen-bond donors (Lipinski definition) is 0. The molecule has 21 heavy (non-hydrogen) atoms. The van der Waals surface area contributed by atoms with Crippen LogP contribution >= 0.6 is 11.8 Å². The number of hydrogen-bond acceptors (Lipinski definition) is 6. The van der Waals surface area contributed by atoms with Crippen LogP contribution in [0.1, 0.15) is 12.0 Å². The number of anilines is 1. The van der Waals surface area contributed by atoms with Crippen molar-refractivity contribution in [2.75, 3.05) is 24.2 Å². The zero-order chi connectivity index (χ0) is 14.5. The third-order valence-electron chi connectivity index (χ3n) is 3.51. The minimum atomic E-state index is 0.248. The lowest BCUT2D eigenvalue weighted by Crippen LogP contribution is -2.23. The Labute approximate surface area is 128 Å². The molecule has 2 aromatic heterocycles. The van der Waals surface area contributed by atoms with Crippen LogP contribution in [0, 0.1) is 0 Å². The van der Waals surface area contributed by atoms with Crippen molar-refractivity contribution >= 4 is 17.6 Å². The lowest BCUT2D eigenvalue weighted by molar-refractivity contribution is 0.0553. The van der Waals surface area contributed by atoms with E-state index in [2.05, 4.69) is 19.9 Å². The van der Waals surface area contributed by atoms with Crippen molar-refractivity contribution in [3.63, 3.8) is 0 Å². The Balaban J connectivity index is 1.55. The molecule has 3 rings (SSSR count). The summed E-state index contributed by atoms with van der Waals surface area (Å²) >= 11 is 1.61. The molecule has 5 nitrogen and oxygen atoms in total. The molecule has 2 aromatic rings. The van der Waals surface area contributed by atoms with Crippen molar-refractivity contribution in [1.29, 1.82) is 0 Å². The zero-order valence-electron chi connectivity index (χ0n) is 12.0. The number of nitrogens with zero attached hydrogens (tertiary/aromatic N) is 4. The molecular weight excluding hydrogens is 284 g/mol. The Morgan fingerprint density at radius 3 is 2.95 bits per heavy atom. The molecule has 110 valence electrons. The first kappa shape index (κ1) is 14.3. The summed E-state index contributed by atoms with van der Waals surface area (Å²) in [4.78, 5) is 15.1. The molecule has 0 radical (unpaired) electrons. The molecule has 0 aliphatic carbocycles. The van der Waals surface area contributed by atoms with Crippen LogP contribution in [0.15, 0.2) is 41.9 Å². The van der Waals surface area contributed by atoms with Crippen molar-refractivity contribution in [2.45, 2.75) is 24.2 Å². The fourth-order valence-corrected chi connectivity index (χ4v) is 2.71. The summed E-state index contributed by atoms with van der Waals surface area (Å²) in [5.74, 6) is 0.942. The largest absolute Gasteiger partial charge is 0.372 e. The molecule has 3 heterocycles. The molecule has 0 saturated carbocycles. The predicted octanol–water partition coefficient (Wildman–Crippen LogP) is 2.39. The molecule has 0 N–H and O–H groups in total. The van der Waals surface area contributed by atoms with E-state index in [9.17, 15) is 0 Å². The molecule has 1 fully saturated rings. The van der Waals surface area contributed by atoms with Gasteiger partial charge in [0.15, 0.2) is 0 Å². The number of rotatable bonds is 5. The third kappa shape index (κ3) is 3.71. The molecule has 0 aromatic carbocycles. The van der Waals surface area contributed by atoms with E-state index in [1.54, 1.807) is 30.4 Å². The van der Waals surface area contributed by atoms with Gasteiger partial charge in [-0.15, -0.1) is 11.8 Å². The highest BCUT2D eigenvalue weighted by Crippen LogP contribution is 2.22. The summed E-state index contributed by atoms with van der Waals surface area (Å²) < 4.78 is 5.97. The van der Waals surface area contributed by atoms with Crippen LogP contribution in [0.25, 0.3) is 0 Å². The van der Waals surface area contributed by atoms with Crippen LogP contribution in [-0.2, 0) is 11.3 Å². The van der Waals surface area contributed by atoms with Gasteiger partial charge in [0.25, 0.3) is 0 Å². The highest BCUT2D eigenvalue weighted by molar-refractivity contribution is 7.98. The first-order valence-corrected chi connectivity index (χ1v) is 8.19. The number of thioether (sulfide) groups is 1. The number of ether oxygens (including phenoxy) is 1. The third-order valence-corrected chi connectivity index (χ3v) is 4.13. The Morgan fingerprint density at radius 1 is 1.29 bits per heavy atom. The van der Waals surface area contributed by atoms with Gasteiger partial charge in [0.2, 0.25) is 0 Å². The first-order valence-electron chi connectivity index (χ1n) is 6.96. The van der Waals surface area contributed by atoms with Gasteiger partial charge in [-0.2, -0.15) is 0 Å². The van der Waals surface area contributed by atoms with Crippen molar-refractivity contribution in [3.8, 4) is 0 Å². The summed E-state index contributed by atoms with van der Waals surface area (Å²) in [5.41, 5.74) is 1.16. The van der Waals surface area contributed by atoms with Crippen LogP contribution in [0.2, 0.25) is 0 Å². The van der Waals surface area contributed by atoms with E-state index in [4.69, 9.17) is 4.74 Å². The van der Waals surface area contributed by atoms with E-state index < -0.39 is 0 Å². The monoisotopic (exact) mass is 302 g/mol. The maximum atomic E-state index is 5.97. The summed E-state index contributed by atoms with van der Waals surface area (Å²) in [7, 11) is 0. The molecule has 0 spiro atoms. The van der Waals surface area contributed by atoms with Crippen LogP contribution in [-0.4, -0.2) is 40.4 Å². The van der Waals surface area contributed by atoms with Gasteiger partial charge in [-0.3, -0.25) is 9.97 Å². The van der Waals surface area contributed by atoms with Gasteiger partial charge >= 0.3 is 0 Å². The molecule has 6 heteroatoms. The second-order valence-electron chi connectivity index (χ2n) is 4.94. The first-order chi connectivity index (χ1) is 10.3. The SMILES string of the molecule is CSc1cncc(N2CCC(OCc3ccncc3)C2)n1. The molecule has 1 aliphatic heterocycles. The lowest BCUT2D eigenvalue weighted by Gasteiger charge is -2.17.